The lowest BCUT2D eigenvalue weighted by Gasteiger charge is -2.36. The number of carbonyl (C=O) groups is 1. The average Bonchev–Trinajstić information content (AvgIpc) is 3.00. The second-order valence-electron chi connectivity index (χ2n) is 7.71. The number of aromatic nitrogens is 2. The van der Waals surface area contributed by atoms with Gasteiger partial charge in [0.05, 0.1) is 17.2 Å². The Labute approximate surface area is 158 Å². The summed E-state index contributed by atoms with van der Waals surface area (Å²) in [6.07, 6.45) is 2.59. The summed E-state index contributed by atoms with van der Waals surface area (Å²) in [7, 11) is 2.16. The number of amides is 1. The van der Waals surface area contributed by atoms with Crippen LogP contribution in [0.5, 0.6) is 0 Å². The Morgan fingerprint density at radius 1 is 1.15 bits per heavy atom. The van der Waals surface area contributed by atoms with Gasteiger partial charge in [-0.2, -0.15) is 0 Å². The van der Waals surface area contributed by atoms with E-state index in [0.717, 1.165) is 36.2 Å². The maximum absolute atomic E-state index is 13.5. The van der Waals surface area contributed by atoms with E-state index in [9.17, 15) is 4.79 Å². The molecule has 5 rings (SSSR count). The van der Waals surface area contributed by atoms with Crippen LogP contribution in [0, 0.1) is 6.92 Å². The SMILES string of the molecule is Cc1ccc2c(c1)[C@@H]1CN(C)CC[C@H]1N2C(=O)c1cnc2ccccc2n1. The highest BCUT2D eigenvalue weighted by molar-refractivity contribution is 6.07. The number of hydrogen-bond donors (Lipinski definition) is 0. The molecule has 2 aromatic carbocycles. The van der Waals surface area contributed by atoms with E-state index >= 15 is 0 Å². The van der Waals surface area contributed by atoms with E-state index in [4.69, 9.17) is 0 Å². The molecule has 1 aromatic heterocycles. The third kappa shape index (κ3) is 2.61. The second kappa shape index (κ2) is 6.13. The molecule has 2 aliphatic heterocycles. The Morgan fingerprint density at radius 3 is 2.81 bits per heavy atom. The molecule has 2 atom stereocenters. The summed E-state index contributed by atoms with van der Waals surface area (Å²) in [5.74, 6) is 0.312. The van der Waals surface area contributed by atoms with Crippen LogP contribution in [0.4, 0.5) is 5.69 Å². The lowest BCUT2D eigenvalue weighted by Crippen LogP contribution is -2.47. The first kappa shape index (κ1) is 16.4. The van der Waals surface area contributed by atoms with E-state index in [1.165, 1.54) is 11.1 Å². The summed E-state index contributed by atoms with van der Waals surface area (Å²) in [4.78, 5) is 26.9. The van der Waals surface area contributed by atoms with Crippen molar-refractivity contribution in [3.8, 4) is 0 Å². The summed E-state index contributed by atoms with van der Waals surface area (Å²) in [6.45, 7) is 4.09. The van der Waals surface area contributed by atoms with Gasteiger partial charge in [0.15, 0.2) is 0 Å². The number of anilines is 1. The summed E-state index contributed by atoms with van der Waals surface area (Å²) >= 11 is 0. The van der Waals surface area contributed by atoms with Gasteiger partial charge in [0.2, 0.25) is 0 Å². The fourth-order valence-corrected chi connectivity index (χ4v) is 4.53. The van der Waals surface area contributed by atoms with Gasteiger partial charge >= 0.3 is 0 Å². The van der Waals surface area contributed by atoms with Gasteiger partial charge in [-0.3, -0.25) is 9.78 Å². The minimum absolute atomic E-state index is 0.0459. The van der Waals surface area contributed by atoms with Crippen molar-refractivity contribution in [1.29, 1.82) is 0 Å². The molecule has 0 N–H and O–H groups in total. The van der Waals surface area contributed by atoms with Crippen molar-refractivity contribution in [2.45, 2.75) is 25.3 Å². The van der Waals surface area contributed by atoms with Crippen LogP contribution in [0.3, 0.4) is 0 Å². The number of piperidine rings is 1. The van der Waals surface area contributed by atoms with Gasteiger partial charge in [0.25, 0.3) is 5.91 Å². The molecule has 0 bridgehead atoms. The summed E-state index contributed by atoms with van der Waals surface area (Å²) < 4.78 is 0. The Kier molecular flexibility index (Phi) is 3.72. The zero-order chi connectivity index (χ0) is 18.5. The van der Waals surface area contributed by atoms with E-state index < -0.39 is 0 Å². The Hall–Kier alpha value is -2.79. The van der Waals surface area contributed by atoms with Crippen molar-refractivity contribution in [1.82, 2.24) is 14.9 Å². The molecule has 3 aromatic rings. The van der Waals surface area contributed by atoms with Crippen molar-refractivity contribution in [2.75, 3.05) is 25.0 Å². The van der Waals surface area contributed by atoms with Gasteiger partial charge in [-0.1, -0.05) is 29.8 Å². The number of rotatable bonds is 1. The fourth-order valence-electron chi connectivity index (χ4n) is 4.53. The van der Waals surface area contributed by atoms with Gasteiger partial charge in [0, 0.05) is 24.2 Å². The predicted molar refractivity (Wildman–Crippen MR) is 106 cm³/mol. The minimum Gasteiger partial charge on any atom is -0.306 e. The second-order valence-corrected chi connectivity index (χ2v) is 7.71. The summed E-state index contributed by atoms with van der Waals surface area (Å²) in [5, 5.41) is 0. The van der Waals surface area contributed by atoms with E-state index in [1.807, 2.05) is 29.2 Å². The number of benzene rings is 2. The van der Waals surface area contributed by atoms with Crippen molar-refractivity contribution in [3.63, 3.8) is 0 Å². The van der Waals surface area contributed by atoms with Crippen LogP contribution in [0.15, 0.2) is 48.7 Å². The maximum Gasteiger partial charge on any atom is 0.278 e. The van der Waals surface area contributed by atoms with Crippen molar-refractivity contribution < 1.29 is 4.79 Å². The van der Waals surface area contributed by atoms with E-state index in [0.29, 0.717) is 11.6 Å². The number of hydrogen-bond acceptors (Lipinski definition) is 4. The number of aryl methyl sites for hydroxylation is 1. The highest BCUT2D eigenvalue weighted by Crippen LogP contribution is 2.45. The first-order chi connectivity index (χ1) is 13.1. The number of nitrogens with zero attached hydrogens (tertiary/aromatic N) is 4. The maximum atomic E-state index is 13.5. The molecule has 0 aliphatic carbocycles. The van der Waals surface area contributed by atoms with Crippen LogP contribution in [0.1, 0.15) is 34.0 Å². The number of likely N-dealkylation sites (N-methyl/N-ethyl adjacent to an activating group) is 1. The predicted octanol–water partition coefficient (Wildman–Crippen LogP) is 3.39. The van der Waals surface area contributed by atoms with Crippen LogP contribution in [0.25, 0.3) is 11.0 Å². The summed E-state index contributed by atoms with van der Waals surface area (Å²) in [6, 6.07) is 14.3. The molecule has 5 nitrogen and oxygen atoms in total. The van der Waals surface area contributed by atoms with E-state index in [2.05, 4.69) is 47.0 Å². The normalized spacial score (nSPS) is 21.9. The van der Waals surface area contributed by atoms with Crippen LogP contribution in [-0.2, 0) is 0 Å². The largest absolute Gasteiger partial charge is 0.306 e. The minimum atomic E-state index is -0.0459. The van der Waals surface area contributed by atoms with Crippen molar-refractivity contribution in [3.05, 3.63) is 65.5 Å². The highest BCUT2D eigenvalue weighted by Gasteiger charge is 2.44. The molecule has 0 radical (unpaired) electrons. The molecular formula is C22H22N4O. The van der Waals surface area contributed by atoms with Crippen LogP contribution >= 0.6 is 0 Å². The molecule has 27 heavy (non-hydrogen) atoms. The van der Waals surface area contributed by atoms with Gasteiger partial charge < -0.3 is 9.80 Å². The molecular weight excluding hydrogens is 336 g/mol. The molecule has 3 heterocycles. The monoisotopic (exact) mass is 358 g/mol. The lowest BCUT2D eigenvalue weighted by molar-refractivity contribution is 0.0960. The number of carbonyl (C=O) groups excluding carboxylic acids is 1. The topological polar surface area (TPSA) is 49.3 Å². The zero-order valence-corrected chi connectivity index (χ0v) is 15.6. The quantitative estimate of drug-likeness (QED) is 0.669. The first-order valence-electron chi connectivity index (χ1n) is 9.46. The Bertz CT molecular complexity index is 1050. The van der Waals surface area contributed by atoms with E-state index in [1.54, 1.807) is 6.20 Å². The van der Waals surface area contributed by atoms with Gasteiger partial charge in [-0.15, -0.1) is 0 Å². The number of likely N-dealkylation sites (tertiary alicyclic amines) is 1. The molecule has 2 aliphatic rings. The third-order valence-corrected chi connectivity index (χ3v) is 5.84. The van der Waals surface area contributed by atoms with Gasteiger partial charge in [0.1, 0.15) is 5.69 Å². The highest BCUT2D eigenvalue weighted by atomic mass is 16.2. The zero-order valence-electron chi connectivity index (χ0n) is 15.6. The van der Waals surface area contributed by atoms with Crippen LogP contribution in [0.2, 0.25) is 0 Å². The Morgan fingerprint density at radius 2 is 1.96 bits per heavy atom. The fraction of sp³-hybridized carbons (Fsp3) is 0.318. The molecule has 5 heteroatoms. The molecule has 0 spiro atoms. The van der Waals surface area contributed by atoms with Crippen molar-refractivity contribution >= 4 is 22.6 Å². The van der Waals surface area contributed by atoms with Crippen LogP contribution in [-0.4, -0.2) is 47.0 Å². The van der Waals surface area contributed by atoms with Gasteiger partial charge in [-0.05, 0) is 50.7 Å². The molecule has 136 valence electrons. The van der Waals surface area contributed by atoms with Crippen LogP contribution < -0.4 is 4.90 Å². The third-order valence-electron chi connectivity index (χ3n) is 5.84. The Balaban J connectivity index is 1.59. The van der Waals surface area contributed by atoms with Crippen molar-refractivity contribution in [2.24, 2.45) is 0 Å². The average molecular weight is 358 g/mol. The lowest BCUT2D eigenvalue weighted by atomic mass is 9.89. The first-order valence-corrected chi connectivity index (χ1v) is 9.46. The molecule has 1 fully saturated rings. The molecule has 1 amide bonds. The molecule has 0 saturated carbocycles. The van der Waals surface area contributed by atoms with E-state index in [-0.39, 0.29) is 11.9 Å². The number of fused-ring (bicyclic) bond motifs is 4. The smallest absolute Gasteiger partial charge is 0.278 e. The van der Waals surface area contributed by atoms with Gasteiger partial charge in [-0.25, -0.2) is 4.98 Å². The standard InChI is InChI=1S/C22H22N4O/c1-14-7-8-20-15(11-14)16-13-25(2)10-9-21(16)26(20)22(27)19-12-23-17-5-3-4-6-18(17)24-19/h3-8,11-12,16,21H,9-10,13H2,1-2H3/t16-,21+/m0/s1. The molecule has 0 unspecified atom stereocenters. The molecule has 1 saturated heterocycles. The number of para-hydroxylation sites is 2. The summed E-state index contributed by atoms with van der Waals surface area (Å²) in [5.41, 5.74) is 5.54.